The van der Waals surface area contributed by atoms with Crippen LogP contribution in [0.25, 0.3) is 22.4 Å². The van der Waals surface area contributed by atoms with Gasteiger partial charge in [0.15, 0.2) is 5.65 Å². The normalized spacial score (nSPS) is 14.6. The first-order valence-electron chi connectivity index (χ1n) is 13.0. The zero-order valence-corrected chi connectivity index (χ0v) is 24.9. The van der Waals surface area contributed by atoms with Crippen molar-refractivity contribution in [3.05, 3.63) is 43.0 Å². The first-order chi connectivity index (χ1) is 19.1. The van der Waals surface area contributed by atoms with E-state index in [0.29, 0.717) is 16.9 Å². The summed E-state index contributed by atoms with van der Waals surface area (Å²) in [7, 11) is -4.62. The summed E-state index contributed by atoms with van der Waals surface area (Å²) < 4.78 is 35.2. The second-order valence-electron chi connectivity index (χ2n) is 11.3. The fraction of sp³-hybridized carbons (Fsp3) is 0.519. The number of nitrogens with zero attached hydrogens (tertiary/aromatic N) is 4. The Morgan fingerprint density at radius 3 is 2.15 bits per heavy atom. The van der Waals surface area contributed by atoms with Gasteiger partial charge in [0, 0.05) is 12.2 Å². The predicted octanol–water partition coefficient (Wildman–Crippen LogP) is 3.64. The predicted molar refractivity (Wildman–Crippen MR) is 149 cm³/mol. The highest BCUT2D eigenvalue weighted by atomic mass is 31.2. The number of carbonyl (C=O) groups is 2. The second kappa shape index (κ2) is 13.2. The zero-order chi connectivity index (χ0) is 30.4. The number of imidazole rings is 1. The van der Waals surface area contributed by atoms with E-state index in [1.54, 1.807) is 52.4 Å². The molecule has 13 nitrogen and oxygen atoms in total. The molecule has 2 heterocycles. The Morgan fingerprint density at radius 2 is 1.59 bits per heavy atom. The second-order valence-corrected chi connectivity index (χ2v) is 13.0. The number of hydrogen-bond donors (Lipinski definition) is 2. The topological polar surface area (TPSA) is 172 Å². The van der Waals surface area contributed by atoms with Gasteiger partial charge in [0.2, 0.25) is 0 Å². The van der Waals surface area contributed by atoms with Gasteiger partial charge in [-0.2, -0.15) is 0 Å². The third kappa shape index (κ3) is 9.40. The Morgan fingerprint density at radius 1 is 0.976 bits per heavy atom. The molecule has 224 valence electrons. The average Bonchev–Trinajstić information content (AvgIpc) is 3.30. The molecule has 41 heavy (non-hydrogen) atoms. The van der Waals surface area contributed by atoms with Crippen LogP contribution in [-0.4, -0.2) is 78.3 Å². The largest absolute Gasteiger partial charge is 0.458 e. The Labute approximate surface area is 238 Å². The van der Waals surface area contributed by atoms with Crippen molar-refractivity contribution in [2.75, 3.05) is 19.6 Å². The number of ether oxygens (including phenoxy) is 3. The maximum absolute atomic E-state index is 12.8. The molecular weight excluding hydrogens is 555 g/mol. The highest BCUT2D eigenvalue weighted by Crippen LogP contribution is 2.44. The fourth-order valence-corrected chi connectivity index (χ4v) is 4.65. The fourth-order valence-electron chi connectivity index (χ4n) is 3.73. The summed E-state index contributed by atoms with van der Waals surface area (Å²) in [5.41, 5.74) is 0.600. The van der Waals surface area contributed by atoms with Gasteiger partial charge in [-0.05, 0) is 48.0 Å². The van der Waals surface area contributed by atoms with Crippen LogP contribution in [-0.2, 0) is 32.9 Å². The molecule has 0 aliphatic heterocycles. The van der Waals surface area contributed by atoms with Crippen LogP contribution < -0.4 is 0 Å². The SMILES string of the molecule is CC(C)(C)OC(=O)C(OP(=O)(O)COCCC(CO)n1cnc2c(-c3ccccc3)ncnc21)C(=O)OC(C)(C)C. The van der Waals surface area contributed by atoms with Crippen LogP contribution in [0.1, 0.15) is 54.0 Å². The molecule has 2 atom stereocenters. The highest BCUT2D eigenvalue weighted by molar-refractivity contribution is 7.52. The molecule has 0 saturated heterocycles. The van der Waals surface area contributed by atoms with E-state index < -0.39 is 49.2 Å². The van der Waals surface area contributed by atoms with Crippen LogP contribution >= 0.6 is 7.60 Å². The number of benzene rings is 1. The van der Waals surface area contributed by atoms with Crippen LogP contribution in [0.2, 0.25) is 0 Å². The molecular formula is C27H37N4O9P. The standard InChI is InChI=1S/C27H37N4O9P/c1-26(2,3)38-24(33)22(25(34)39-27(4,5)6)40-41(35,36)17-37-13-12-19(14-32)31-16-30-21-20(28-15-29-23(21)31)18-10-8-7-9-11-18/h7-11,15-16,19,22,32H,12-14,17H2,1-6H3,(H,35,36). The van der Waals surface area contributed by atoms with Crippen molar-refractivity contribution < 1.29 is 42.9 Å². The van der Waals surface area contributed by atoms with Crippen LogP contribution in [0.3, 0.4) is 0 Å². The Kier molecular flexibility index (Phi) is 10.4. The van der Waals surface area contributed by atoms with Gasteiger partial charge in [-0.15, -0.1) is 0 Å². The lowest BCUT2D eigenvalue weighted by Gasteiger charge is -2.27. The number of fused-ring (bicyclic) bond motifs is 1. The molecule has 3 aromatic rings. The molecule has 0 fully saturated rings. The van der Waals surface area contributed by atoms with Crippen LogP contribution in [0, 0.1) is 0 Å². The van der Waals surface area contributed by atoms with Gasteiger partial charge in [0.1, 0.15) is 35.1 Å². The van der Waals surface area contributed by atoms with E-state index in [1.807, 2.05) is 30.3 Å². The number of rotatable bonds is 12. The van der Waals surface area contributed by atoms with Crippen molar-refractivity contribution in [1.82, 2.24) is 19.5 Å². The van der Waals surface area contributed by atoms with Crippen molar-refractivity contribution in [2.45, 2.75) is 71.3 Å². The van der Waals surface area contributed by atoms with Crippen LogP contribution in [0.15, 0.2) is 43.0 Å². The molecule has 0 amide bonds. The number of aliphatic hydroxyl groups excluding tert-OH is 1. The monoisotopic (exact) mass is 592 g/mol. The molecule has 0 radical (unpaired) electrons. The average molecular weight is 593 g/mol. The van der Waals surface area contributed by atoms with E-state index in [9.17, 15) is 24.2 Å². The van der Waals surface area contributed by atoms with Crippen molar-refractivity contribution in [3.8, 4) is 11.3 Å². The van der Waals surface area contributed by atoms with Gasteiger partial charge < -0.3 is 28.8 Å². The van der Waals surface area contributed by atoms with Crippen LogP contribution in [0.5, 0.6) is 0 Å². The van der Waals surface area contributed by atoms with Gasteiger partial charge in [0.05, 0.1) is 19.0 Å². The lowest BCUT2D eigenvalue weighted by Crippen LogP contribution is -2.42. The van der Waals surface area contributed by atoms with E-state index in [-0.39, 0.29) is 19.6 Å². The highest BCUT2D eigenvalue weighted by Gasteiger charge is 2.41. The number of hydrogen-bond acceptors (Lipinski definition) is 11. The minimum atomic E-state index is -4.62. The molecule has 0 aliphatic carbocycles. The van der Waals surface area contributed by atoms with E-state index in [2.05, 4.69) is 15.0 Å². The Bertz CT molecular complexity index is 1350. The molecule has 0 spiro atoms. The van der Waals surface area contributed by atoms with Gasteiger partial charge in [0.25, 0.3) is 6.10 Å². The Balaban J connectivity index is 1.65. The molecule has 2 unspecified atom stereocenters. The number of esters is 2. The first-order valence-corrected chi connectivity index (χ1v) is 14.7. The van der Waals surface area contributed by atoms with E-state index in [0.717, 1.165) is 5.56 Å². The number of carbonyl (C=O) groups excluding carboxylic acids is 2. The molecule has 0 saturated carbocycles. The summed E-state index contributed by atoms with van der Waals surface area (Å²) in [6.45, 7) is 9.11. The quantitative estimate of drug-likeness (QED) is 0.136. The maximum atomic E-state index is 12.8. The van der Waals surface area contributed by atoms with Gasteiger partial charge in [-0.3, -0.25) is 9.09 Å². The van der Waals surface area contributed by atoms with Crippen molar-refractivity contribution in [3.63, 3.8) is 0 Å². The van der Waals surface area contributed by atoms with E-state index in [1.165, 1.54) is 6.33 Å². The molecule has 2 N–H and O–H groups in total. The summed E-state index contributed by atoms with van der Waals surface area (Å²) in [6.07, 6.45) is 0.263. The van der Waals surface area contributed by atoms with Crippen LogP contribution in [0.4, 0.5) is 0 Å². The molecule has 1 aromatic carbocycles. The van der Waals surface area contributed by atoms with Gasteiger partial charge in [-0.25, -0.2) is 24.5 Å². The molecule has 0 bridgehead atoms. The van der Waals surface area contributed by atoms with E-state index in [4.69, 9.17) is 18.7 Å². The Hall–Kier alpha value is -3.22. The minimum absolute atomic E-state index is 0.0705. The summed E-state index contributed by atoms with van der Waals surface area (Å²) >= 11 is 0. The molecule has 3 rings (SSSR count). The third-order valence-electron chi connectivity index (χ3n) is 5.37. The number of aliphatic hydroxyl groups is 1. The van der Waals surface area contributed by atoms with Crippen molar-refractivity contribution >= 4 is 30.7 Å². The maximum Gasteiger partial charge on any atom is 0.354 e. The summed E-state index contributed by atoms with van der Waals surface area (Å²) in [5.74, 6) is -2.32. The van der Waals surface area contributed by atoms with Crippen molar-refractivity contribution in [1.29, 1.82) is 0 Å². The summed E-state index contributed by atoms with van der Waals surface area (Å²) in [6, 6.07) is 8.97. The lowest BCUT2D eigenvalue weighted by atomic mass is 10.1. The van der Waals surface area contributed by atoms with Gasteiger partial charge >= 0.3 is 19.5 Å². The third-order valence-corrected chi connectivity index (χ3v) is 6.42. The smallest absolute Gasteiger partial charge is 0.354 e. The van der Waals surface area contributed by atoms with Gasteiger partial charge in [-0.1, -0.05) is 30.3 Å². The summed E-state index contributed by atoms with van der Waals surface area (Å²) in [5, 5.41) is 10.1. The lowest BCUT2D eigenvalue weighted by molar-refractivity contribution is -0.179. The zero-order valence-electron chi connectivity index (χ0n) is 24.0. The molecule has 2 aromatic heterocycles. The molecule has 14 heteroatoms. The van der Waals surface area contributed by atoms with Crippen molar-refractivity contribution in [2.24, 2.45) is 0 Å². The number of aromatic nitrogens is 4. The summed E-state index contributed by atoms with van der Waals surface area (Å²) in [4.78, 5) is 48.7. The van der Waals surface area contributed by atoms with E-state index >= 15 is 0 Å². The first kappa shape index (κ1) is 32.3. The molecule has 0 aliphatic rings. The minimum Gasteiger partial charge on any atom is -0.458 e.